The zero-order valence-corrected chi connectivity index (χ0v) is 11.6. The summed E-state index contributed by atoms with van der Waals surface area (Å²) in [5, 5.41) is 0. The number of carbonyl (C=O) groups is 2. The van der Waals surface area contributed by atoms with E-state index in [1.807, 2.05) is 0 Å². The number of fused-ring (bicyclic) bond motifs is 1. The lowest BCUT2D eigenvalue weighted by Gasteiger charge is -2.15. The number of rotatable bonds is 4. The molecule has 20 heavy (non-hydrogen) atoms. The van der Waals surface area contributed by atoms with Gasteiger partial charge in [-0.15, -0.1) is 0 Å². The van der Waals surface area contributed by atoms with Crippen LogP contribution in [0, 0.1) is 5.92 Å². The van der Waals surface area contributed by atoms with Gasteiger partial charge in [0.05, 0.1) is 11.1 Å². The lowest BCUT2D eigenvalue weighted by atomic mass is 10.0. The highest BCUT2D eigenvalue weighted by Crippen LogP contribution is 2.30. The quantitative estimate of drug-likeness (QED) is 0.677. The molecule has 2 aliphatic rings. The maximum Gasteiger partial charge on any atom is 0.263 e. The number of nitrogens with two attached hydrogens (primary N) is 1. The minimum absolute atomic E-state index is 0.191. The first-order valence-electron chi connectivity index (χ1n) is 7.43. The molecule has 1 aliphatic heterocycles. The van der Waals surface area contributed by atoms with Crippen molar-refractivity contribution < 1.29 is 9.59 Å². The summed E-state index contributed by atoms with van der Waals surface area (Å²) in [7, 11) is 0. The van der Waals surface area contributed by atoms with E-state index in [0.717, 1.165) is 18.8 Å². The lowest BCUT2D eigenvalue weighted by molar-refractivity contribution is 0.0650. The van der Waals surface area contributed by atoms with Crippen molar-refractivity contribution in [3.8, 4) is 0 Å². The standard InChI is InChI=1S/C16H20N2O2/c17-13-9-3-8-12-14(13)16(20)18(15(12)19)10-4-7-11-5-1-2-6-11/h3,8-9,11H,1-2,4-7,10,17H2. The second kappa shape index (κ2) is 5.27. The molecule has 1 saturated carbocycles. The number of imide groups is 1. The zero-order chi connectivity index (χ0) is 14.1. The van der Waals surface area contributed by atoms with E-state index in [-0.39, 0.29) is 11.8 Å². The molecule has 0 saturated heterocycles. The second-order valence-electron chi connectivity index (χ2n) is 5.82. The van der Waals surface area contributed by atoms with E-state index in [2.05, 4.69) is 0 Å². The Morgan fingerprint density at radius 3 is 2.60 bits per heavy atom. The van der Waals surface area contributed by atoms with Crippen molar-refractivity contribution in [2.45, 2.75) is 38.5 Å². The molecule has 106 valence electrons. The molecule has 2 amide bonds. The fourth-order valence-electron chi connectivity index (χ4n) is 3.40. The Kier molecular flexibility index (Phi) is 3.47. The largest absolute Gasteiger partial charge is 0.398 e. The van der Waals surface area contributed by atoms with Gasteiger partial charge in [-0.1, -0.05) is 31.7 Å². The summed E-state index contributed by atoms with van der Waals surface area (Å²) in [6, 6.07) is 5.08. The van der Waals surface area contributed by atoms with E-state index >= 15 is 0 Å². The van der Waals surface area contributed by atoms with Gasteiger partial charge in [0.1, 0.15) is 0 Å². The number of nitrogens with zero attached hydrogens (tertiary/aromatic N) is 1. The molecule has 0 unspecified atom stereocenters. The Morgan fingerprint density at radius 2 is 1.90 bits per heavy atom. The van der Waals surface area contributed by atoms with Crippen LogP contribution in [0.4, 0.5) is 5.69 Å². The van der Waals surface area contributed by atoms with E-state index in [1.165, 1.54) is 30.6 Å². The highest BCUT2D eigenvalue weighted by atomic mass is 16.2. The minimum atomic E-state index is -0.227. The molecule has 0 spiro atoms. The van der Waals surface area contributed by atoms with Crippen LogP contribution in [0.3, 0.4) is 0 Å². The summed E-state index contributed by atoms with van der Waals surface area (Å²) < 4.78 is 0. The molecule has 4 nitrogen and oxygen atoms in total. The normalized spacial score (nSPS) is 18.9. The SMILES string of the molecule is Nc1cccc2c1C(=O)N(CCCC1CCCC1)C2=O. The van der Waals surface area contributed by atoms with Crippen molar-refractivity contribution in [2.24, 2.45) is 5.92 Å². The third-order valence-electron chi connectivity index (χ3n) is 4.50. The van der Waals surface area contributed by atoms with Crippen molar-refractivity contribution >= 4 is 17.5 Å². The molecule has 0 radical (unpaired) electrons. The molecule has 1 aliphatic carbocycles. The van der Waals surface area contributed by atoms with Gasteiger partial charge in [-0.3, -0.25) is 14.5 Å². The minimum Gasteiger partial charge on any atom is -0.398 e. The van der Waals surface area contributed by atoms with E-state index in [1.54, 1.807) is 18.2 Å². The van der Waals surface area contributed by atoms with Crippen LogP contribution in [0.15, 0.2) is 18.2 Å². The van der Waals surface area contributed by atoms with E-state index < -0.39 is 0 Å². The maximum absolute atomic E-state index is 12.3. The third-order valence-corrected chi connectivity index (χ3v) is 4.50. The Labute approximate surface area is 118 Å². The topological polar surface area (TPSA) is 63.4 Å². The first-order chi connectivity index (χ1) is 9.68. The fourth-order valence-corrected chi connectivity index (χ4v) is 3.40. The predicted octanol–water partition coefficient (Wildman–Crippen LogP) is 2.84. The molecule has 1 aromatic rings. The van der Waals surface area contributed by atoms with E-state index in [4.69, 9.17) is 5.73 Å². The van der Waals surface area contributed by atoms with Crippen LogP contribution in [0.1, 0.15) is 59.2 Å². The number of carbonyl (C=O) groups excluding carboxylic acids is 2. The van der Waals surface area contributed by atoms with Gasteiger partial charge in [-0.05, 0) is 30.9 Å². The molecule has 1 heterocycles. The van der Waals surface area contributed by atoms with Crippen molar-refractivity contribution in [2.75, 3.05) is 12.3 Å². The van der Waals surface area contributed by atoms with Crippen LogP contribution in [-0.4, -0.2) is 23.3 Å². The number of benzene rings is 1. The molecular weight excluding hydrogens is 252 g/mol. The molecule has 0 aromatic heterocycles. The number of hydrogen-bond acceptors (Lipinski definition) is 3. The predicted molar refractivity (Wildman–Crippen MR) is 77.4 cm³/mol. The van der Waals surface area contributed by atoms with Crippen LogP contribution in [-0.2, 0) is 0 Å². The van der Waals surface area contributed by atoms with Crippen LogP contribution >= 0.6 is 0 Å². The van der Waals surface area contributed by atoms with Gasteiger partial charge in [0, 0.05) is 12.2 Å². The van der Waals surface area contributed by atoms with Gasteiger partial charge in [0.2, 0.25) is 0 Å². The highest BCUT2D eigenvalue weighted by molar-refractivity contribution is 6.23. The summed E-state index contributed by atoms with van der Waals surface area (Å²) in [5.74, 6) is 0.369. The van der Waals surface area contributed by atoms with Gasteiger partial charge in [-0.25, -0.2) is 0 Å². The number of hydrogen-bond donors (Lipinski definition) is 1. The third kappa shape index (κ3) is 2.19. The molecule has 1 aromatic carbocycles. The van der Waals surface area contributed by atoms with E-state index in [9.17, 15) is 9.59 Å². The highest BCUT2D eigenvalue weighted by Gasteiger charge is 2.36. The smallest absolute Gasteiger partial charge is 0.263 e. The number of nitrogen functional groups attached to an aromatic ring is 1. The summed E-state index contributed by atoms with van der Waals surface area (Å²) in [6.45, 7) is 0.516. The first kappa shape index (κ1) is 13.2. The lowest BCUT2D eigenvalue weighted by Crippen LogP contribution is -2.31. The van der Waals surface area contributed by atoms with Gasteiger partial charge in [0.15, 0.2) is 0 Å². The molecule has 4 heteroatoms. The molecule has 1 fully saturated rings. The van der Waals surface area contributed by atoms with Gasteiger partial charge in [0.25, 0.3) is 11.8 Å². The average Bonchev–Trinajstić information content (AvgIpc) is 3.02. The zero-order valence-electron chi connectivity index (χ0n) is 11.6. The van der Waals surface area contributed by atoms with Gasteiger partial charge >= 0.3 is 0 Å². The van der Waals surface area contributed by atoms with Crippen LogP contribution < -0.4 is 5.73 Å². The Balaban J connectivity index is 1.65. The Morgan fingerprint density at radius 1 is 1.15 bits per heavy atom. The van der Waals surface area contributed by atoms with Crippen LogP contribution in [0.2, 0.25) is 0 Å². The van der Waals surface area contributed by atoms with Crippen molar-refractivity contribution in [1.82, 2.24) is 4.90 Å². The maximum atomic E-state index is 12.3. The second-order valence-corrected chi connectivity index (χ2v) is 5.82. The summed E-state index contributed by atoms with van der Waals surface area (Å²) in [5.41, 5.74) is 7.06. The monoisotopic (exact) mass is 272 g/mol. The summed E-state index contributed by atoms with van der Waals surface area (Å²) in [6.07, 6.45) is 7.27. The molecule has 0 bridgehead atoms. The number of anilines is 1. The van der Waals surface area contributed by atoms with Crippen molar-refractivity contribution in [1.29, 1.82) is 0 Å². The van der Waals surface area contributed by atoms with Gasteiger partial charge in [-0.2, -0.15) is 0 Å². The van der Waals surface area contributed by atoms with Crippen molar-refractivity contribution in [3.63, 3.8) is 0 Å². The molecule has 2 N–H and O–H groups in total. The first-order valence-corrected chi connectivity index (χ1v) is 7.43. The molecule has 3 rings (SSSR count). The van der Waals surface area contributed by atoms with Crippen LogP contribution in [0.25, 0.3) is 0 Å². The van der Waals surface area contributed by atoms with Crippen molar-refractivity contribution in [3.05, 3.63) is 29.3 Å². The summed E-state index contributed by atoms with van der Waals surface area (Å²) in [4.78, 5) is 25.9. The van der Waals surface area contributed by atoms with E-state index in [0.29, 0.717) is 23.4 Å². The Hall–Kier alpha value is -1.84. The fraction of sp³-hybridized carbons (Fsp3) is 0.500. The van der Waals surface area contributed by atoms with Crippen LogP contribution in [0.5, 0.6) is 0 Å². The summed E-state index contributed by atoms with van der Waals surface area (Å²) >= 11 is 0. The molecule has 0 atom stereocenters. The van der Waals surface area contributed by atoms with Gasteiger partial charge < -0.3 is 5.73 Å². The average molecular weight is 272 g/mol. The Bertz CT molecular complexity index is 547. The number of amides is 2. The molecular formula is C16H20N2O2.